The minimum absolute atomic E-state index is 0.272. The van der Waals surface area contributed by atoms with E-state index in [9.17, 15) is 8.42 Å². The molecule has 1 aliphatic carbocycles. The minimum atomic E-state index is -3.34. The van der Waals surface area contributed by atoms with E-state index in [0.717, 1.165) is 12.8 Å². The van der Waals surface area contributed by atoms with Gasteiger partial charge in [0.25, 0.3) is 0 Å². The summed E-state index contributed by atoms with van der Waals surface area (Å²) in [6.07, 6.45) is 3.32. The Morgan fingerprint density at radius 1 is 1.41 bits per heavy atom. The molecule has 0 aromatic carbocycles. The molecule has 0 radical (unpaired) electrons. The van der Waals surface area contributed by atoms with Crippen molar-refractivity contribution < 1.29 is 8.42 Å². The van der Waals surface area contributed by atoms with Gasteiger partial charge in [0.2, 0.25) is 10.0 Å². The fourth-order valence-electron chi connectivity index (χ4n) is 2.04. The number of hydrogen-bond acceptors (Lipinski definition) is 3. The van der Waals surface area contributed by atoms with Gasteiger partial charge in [-0.2, -0.15) is 0 Å². The Balaban J connectivity index is 2.92. The summed E-state index contributed by atoms with van der Waals surface area (Å²) >= 11 is 5.07. The maximum atomic E-state index is 12.0. The summed E-state index contributed by atoms with van der Waals surface area (Å²) in [6, 6.07) is 0. The highest BCUT2D eigenvalue weighted by Crippen LogP contribution is 2.33. The Morgan fingerprint density at radius 3 is 2.24 bits per heavy atom. The number of sulfonamides is 1. The molecule has 0 aromatic heterocycles. The van der Waals surface area contributed by atoms with Crippen LogP contribution in [0.3, 0.4) is 0 Å². The van der Waals surface area contributed by atoms with E-state index < -0.39 is 20.8 Å². The maximum absolute atomic E-state index is 12.0. The first-order valence-corrected chi connectivity index (χ1v) is 7.98. The molecule has 1 fully saturated rings. The predicted octanol–water partition coefficient (Wildman–Crippen LogP) is 1.55. The monoisotopic (exact) mass is 278 g/mol. The molecule has 0 aliphatic heterocycles. The number of thiocarbonyl (C=S) groups is 1. The van der Waals surface area contributed by atoms with Crippen LogP contribution >= 0.6 is 12.2 Å². The van der Waals surface area contributed by atoms with Crippen molar-refractivity contribution in [2.75, 3.05) is 0 Å². The molecule has 0 bridgehead atoms. The van der Waals surface area contributed by atoms with Crippen molar-refractivity contribution in [2.24, 2.45) is 11.7 Å². The van der Waals surface area contributed by atoms with Crippen LogP contribution in [0.15, 0.2) is 0 Å². The Hall–Kier alpha value is -0.200. The Bertz CT molecular complexity index is 382. The van der Waals surface area contributed by atoms with E-state index >= 15 is 0 Å². The maximum Gasteiger partial charge on any atom is 0.214 e. The highest BCUT2D eigenvalue weighted by molar-refractivity contribution is 7.90. The van der Waals surface area contributed by atoms with E-state index in [0.29, 0.717) is 18.8 Å². The van der Waals surface area contributed by atoms with Crippen LogP contribution in [0, 0.1) is 5.92 Å². The average molecular weight is 278 g/mol. The summed E-state index contributed by atoms with van der Waals surface area (Å²) in [5.41, 5.74) is 5.06. The first kappa shape index (κ1) is 14.9. The third kappa shape index (κ3) is 3.39. The molecule has 0 atom stereocenters. The van der Waals surface area contributed by atoms with Crippen molar-refractivity contribution in [3.05, 3.63) is 0 Å². The molecule has 1 aliphatic rings. The van der Waals surface area contributed by atoms with Gasteiger partial charge in [-0.15, -0.1) is 0 Å². The van der Waals surface area contributed by atoms with E-state index in [1.165, 1.54) is 0 Å². The summed E-state index contributed by atoms with van der Waals surface area (Å²) in [5, 5.41) is -0.465. The zero-order valence-corrected chi connectivity index (χ0v) is 12.3. The minimum Gasteiger partial charge on any atom is -0.392 e. The second kappa shape index (κ2) is 5.20. The fraction of sp³-hybridized carbons (Fsp3) is 0.909. The van der Waals surface area contributed by atoms with E-state index in [1.54, 1.807) is 13.8 Å². The topological polar surface area (TPSA) is 72.2 Å². The molecular weight excluding hydrogens is 256 g/mol. The Labute approximate surface area is 109 Å². The summed E-state index contributed by atoms with van der Waals surface area (Å²) in [6.45, 7) is 5.47. The smallest absolute Gasteiger partial charge is 0.214 e. The van der Waals surface area contributed by atoms with Crippen LogP contribution in [0.2, 0.25) is 0 Å². The zero-order valence-electron chi connectivity index (χ0n) is 10.7. The molecule has 0 saturated heterocycles. The highest BCUT2D eigenvalue weighted by Gasteiger charge is 2.40. The van der Waals surface area contributed by atoms with Gasteiger partial charge in [-0.25, -0.2) is 13.1 Å². The third-order valence-corrected chi connectivity index (χ3v) is 5.86. The lowest BCUT2D eigenvalue weighted by Crippen LogP contribution is -2.59. The SMILES string of the molecule is CC1CCC(NS(=O)(=O)C(C)C)(C(N)=S)CC1. The van der Waals surface area contributed by atoms with Gasteiger partial charge in [-0.05, 0) is 45.4 Å². The van der Waals surface area contributed by atoms with Gasteiger partial charge in [-0.1, -0.05) is 19.1 Å². The molecule has 4 nitrogen and oxygen atoms in total. The number of nitrogens with two attached hydrogens (primary N) is 1. The molecule has 0 amide bonds. The number of hydrogen-bond donors (Lipinski definition) is 2. The van der Waals surface area contributed by atoms with Crippen LogP contribution in [0.4, 0.5) is 0 Å². The van der Waals surface area contributed by atoms with Gasteiger partial charge >= 0.3 is 0 Å². The van der Waals surface area contributed by atoms with Gasteiger partial charge in [0.1, 0.15) is 0 Å². The van der Waals surface area contributed by atoms with E-state index in [2.05, 4.69) is 11.6 Å². The van der Waals surface area contributed by atoms with Crippen LogP contribution in [0.25, 0.3) is 0 Å². The number of rotatable bonds is 4. The lowest BCUT2D eigenvalue weighted by molar-refractivity contribution is 0.288. The van der Waals surface area contributed by atoms with Gasteiger partial charge < -0.3 is 5.73 Å². The molecule has 1 rings (SSSR count). The Morgan fingerprint density at radius 2 is 1.88 bits per heavy atom. The van der Waals surface area contributed by atoms with Crippen LogP contribution < -0.4 is 10.5 Å². The normalized spacial score (nSPS) is 30.5. The van der Waals surface area contributed by atoms with Crippen molar-refractivity contribution >= 4 is 27.2 Å². The van der Waals surface area contributed by atoms with Gasteiger partial charge in [0.15, 0.2) is 0 Å². The molecule has 1 saturated carbocycles. The second-order valence-electron chi connectivity index (χ2n) is 5.32. The van der Waals surface area contributed by atoms with E-state index in [4.69, 9.17) is 18.0 Å². The first-order chi connectivity index (χ1) is 7.69. The largest absolute Gasteiger partial charge is 0.392 e. The van der Waals surface area contributed by atoms with Crippen LogP contribution in [0.1, 0.15) is 46.5 Å². The van der Waals surface area contributed by atoms with Crippen molar-refractivity contribution in [2.45, 2.75) is 57.2 Å². The van der Waals surface area contributed by atoms with Crippen molar-refractivity contribution in [1.82, 2.24) is 4.72 Å². The predicted molar refractivity (Wildman–Crippen MR) is 74.3 cm³/mol. The quantitative estimate of drug-likeness (QED) is 0.765. The lowest BCUT2D eigenvalue weighted by Gasteiger charge is -2.39. The van der Waals surface area contributed by atoms with Gasteiger partial charge in [0.05, 0.1) is 15.8 Å². The molecule has 17 heavy (non-hydrogen) atoms. The van der Waals surface area contributed by atoms with Crippen LogP contribution in [-0.2, 0) is 10.0 Å². The van der Waals surface area contributed by atoms with Crippen LogP contribution in [0.5, 0.6) is 0 Å². The fourth-order valence-corrected chi connectivity index (χ4v) is 3.46. The molecule has 3 N–H and O–H groups in total. The van der Waals surface area contributed by atoms with E-state index in [-0.39, 0.29) is 4.99 Å². The zero-order chi connectivity index (χ0) is 13.3. The molecule has 100 valence electrons. The lowest BCUT2D eigenvalue weighted by atomic mass is 9.78. The van der Waals surface area contributed by atoms with Crippen molar-refractivity contribution in [3.8, 4) is 0 Å². The molecule has 0 aromatic rings. The summed E-state index contributed by atoms with van der Waals surface area (Å²) in [7, 11) is -3.34. The summed E-state index contributed by atoms with van der Waals surface area (Å²) in [4.78, 5) is 0.272. The van der Waals surface area contributed by atoms with Crippen molar-refractivity contribution in [3.63, 3.8) is 0 Å². The van der Waals surface area contributed by atoms with Crippen LogP contribution in [-0.4, -0.2) is 24.2 Å². The molecule has 0 spiro atoms. The third-order valence-electron chi connectivity index (χ3n) is 3.56. The standard InChI is InChI=1S/C11H22N2O2S2/c1-8(2)17(14,15)13-11(10(12)16)6-4-9(3)5-7-11/h8-9,13H,4-7H2,1-3H3,(H2,12,16). The first-order valence-electron chi connectivity index (χ1n) is 6.02. The summed E-state index contributed by atoms with van der Waals surface area (Å²) in [5.74, 6) is 0.612. The van der Waals surface area contributed by atoms with Gasteiger partial charge in [0, 0.05) is 0 Å². The molecule has 0 heterocycles. The average Bonchev–Trinajstić information content (AvgIpc) is 2.21. The second-order valence-corrected chi connectivity index (χ2v) is 8.00. The van der Waals surface area contributed by atoms with E-state index in [1.807, 2.05) is 0 Å². The molecule has 6 heteroatoms. The van der Waals surface area contributed by atoms with Crippen molar-refractivity contribution in [1.29, 1.82) is 0 Å². The molecule has 0 unspecified atom stereocenters. The molecular formula is C11H22N2O2S2. The Kier molecular flexibility index (Phi) is 4.54. The summed E-state index contributed by atoms with van der Waals surface area (Å²) < 4.78 is 26.7. The number of nitrogens with one attached hydrogen (secondary N) is 1. The van der Waals surface area contributed by atoms with Gasteiger partial charge in [-0.3, -0.25) is 0 Å². The highest BCUT2D eigenvalue weighted by atomic mass is 32.2.